The molecule has 0 aliphatic heterocycles. The van der Waals surface area contributed by atoms with Crippen molar-refractivity contribution in [3.63, 3.8) is 0 Å². The summed E-state index contributed by atoms with van der Waals surface area (Å²) < 4.78 is 5.10. The molecule has 1 unspecified atom stereocenters. The Balaban J connectivity index is 4.41. The smallest absolute Gasteiger partial charge is 0.277 e. The molecule has 0 aromatic carbocycles. The quantitative estimate of drug-likeness (QED) is 0.594. The number of ether oxygens (including phenoxy) is 1. The van der Waals surface area contributed by atoms with Crippen LogP contribution in [0, 0.1) is 0 Å². The first-order valence-corrected chi connectivity index (χ1v) is 3.89. The van der Waals surface area contributed by atoms with E-state index in [0.29, 0.717) is 6.42 Å². The van der Waals surface area contributed by atoms with Crippen LogP contribution in [0.25, 0.3) is 0 Å². The number of nitrogens with zero attached hydrogens (tertiary/aromatic N) is 1. The Kier molecular flexibility index (Phi) is 4.20. The Labute approximate surface area is 73.4 Å². The number of hydrogen-bond donors (Lipinski definition) is 0. The third-order valence-electron chi connectivity index (χ3n) is 2.14. The van der Waals surface area contributed by atoms with E-state index in [4.69, 9.17) is 9.57 Å². The first-order valence-electron chi connectivity index (χ1n) is 3.89. The minimum atomic E-state index is -0.773. The van der Waals surface area contributed by atoms with Gasteiger partial charge in [0, 0.05) is 14.2 Å². The molecule has 4 heteroatoms. The molecule has 1 amide bonds. The molecule has 0 heterocycles. The maximum Gasteiger partial charge on any atom is 0.277 e. The lowest BCUT2D eigenvalue weighted by atomic mass is 10.0. The van der Waals surface area contributed by atoms with Crippen LogP contribution in [-0.4, -0.2) is 37.8 Å². The van der Waals surface area contributed by atoms with Gasteiger partial charge >= 0.3 is 0 Å². The standard InChI is InChI=1S/C8H17NO3/c1-6-8(2,11-4)7(10)9(3)12-5/h6H2,1-5H3. The zero-order chi connectivity index (χ0) is 9.78. The van der Waals surface area contributed by atoms with Gasteiger partial charge in [-0.25, -0.2) is 5.06 Å². The van der Waals surface area contributed by atoms with E-state index >= 15 is 0 Å². The monoisotopic (exact) mass is 175 g/mol. The van der Waals surface area contributed by atoms with Crippen molar-refractivity contribution < 1.29 is 14.4 Å². The van der Waals surface area contributed by atoms with Gasteiger partial charge in [-0.3, -0.25) is 9.63 Å². The normalized spacial score (nSPS) is 15.4. The Bertz CT molecular complexity index is 154. The van der Waals surface area contributed by atoms with E-state index in [1.807, 2.05) is 6.92 Å². The molecule has 12 heavy (non-hydrogen) atoms. The molecule has 0 saturated carbocycles. The minimum absolute atomic E-state index is 0.171. The number of likely N-dealkylation sites (N-methyl/N-ethyl adjacent to an activating group) is 1. The predicted octanol–water partition coefficient (Wildman–Crippen LogP) is 0.821. The van der Waals surface area contributed by atoms with Crippen molar-refractivity contribution in [1.29, 1.82) is 0 Å². The van der Waals surface area contributed by atoms with Crippen LogP contribution in [0.2, 0.25) is 0 Å². The number of methoxy groups -OCH3 is 1. The van der Waals surface area contributed by atoms with Crippen LogP contribution in [-0.2, 0) is 14.4 Å². The SMILES string of the molecule is CCC(C)(OC)C(=O)N(C)OC. The fourth-order valence-electron chi connectivity index (χ4n) is 0.799. The number of rotatable bonds is 4. The first-order chi connectivity index (χ1) is 5.51. The Morgan fingerprint density at radius 2 is 2.00 bits per heavy atom. The molecule has 0 N–H and O–H groups in total. The van der Waals surface area contributed by atoms with E-state index in [0.717, 1.165) is 0 Å². The van der Waals surface area contributed by atoms with Gasteiger partial charge in [0.1, 0.15) is 5.60 Å². The molecule has 4 nitrogen and oxygen atoms in total. The fraction of sp³-hybridized carbons (Fsp3) is 0.875. The molecule has 0 saturated heterocycles. The highest BCUT2D eigenvalue weighted by molar-refractivity contribution is 5.83. The van der Waals surface area contributed by atoms with Gasteiger partial charge in [0.2, 0.25) is 0 Å². The fourth-order valence-corrected chi connectivity index (χ4v) is 0.799. The molecule has 0 aromatic heterocycles. The number of carbonyl (C=O) groups is 1. The van der Waals surface area contributed by atoms with Crippen LogP contribution in [0.1, 0.15) is 20.3 Å². The topological polar surface area (TPSA) is 38.8 Å². The Hall–Kier alpha value is -0.610. The van der Waals surface area contributed by atoms with E-state index in [9.17, 15) is 4.79 Å². The zero-order valence-corrected chi connectivity index (χ0v) is 8.38. The Morgan fingerprint density at radius 1 is 1.50 bits per heavy atom. The maximum atomic E-state index is 11.5. The predicted molar refractivity (Wildman–Crippen MR) is 45.5 cm³/mol. The number of hydrogen-bond acceptors (Lipinski definition) is 3. The zero-order valence-electron chi connectivity index (χ0n) is 8.38. The summed E-state index contributed by atoms with van der Waals surface area (Å²) in [7, 11) is 4.53. The van der Waals surface area contributed by atoms with Gasteiger partial charge < -0.3 is 4.74 Å². The molecule has 72 valence electrons. The highest BCUT2D eigenvalue weighted by Crippen LogP contribution is 2.16. The highest BCUT2D eigenvalue weighted by atomic mass is 16.7. The first kappa shape index (κ1) is 11.4. The van der Waals surface area contributed by atoms with Crippen LogP contribution in [0.15, 0.2) is 0 Å². The average molecular weight is 175 g/mol. The van der Waals surface area contributed by atoms with Gasteiger partial charge in [-0.2, -0.15) is 0 Å². The van der Waals surface area contributed by atoms with Gasteiger partial charge in [-0.15, -0.1) is 0 Å². The summed E-state index contributed by atoms with van der Waals surface area (Å²) in [6.07, 6.45) is 0.621. The van der Waals surface area contributed by atoms with Crippen molar-refractivity contribution in [2.24, 2.45) is 0 Å². The summed E-state index contributed by atoms with van der Waals surface area (Å²) in [5.41, 5.74) is -0.773. The maximum absolute atomic E-state index is 11.5. The van der Waals surface area contributed by atoms with Gasteiger partial charge in [-0.05, 0) is 13.3 Å². The van der Waals surface area contributed by atoms with Gasteiger partial charge in [-0.1, -0.05) is 6.92 Å². The van der Waals surface area contributed by atoms with E-state index < -0.39 is 5.60 Å². The van der Waals surface area contributed by atoms with Gasteiger partial charge in [0.15, 0.2) is 0 Å². The van der Waals surface area contributed by atoms with E-state index in [1.54, 1.807) is 14.0 Å². The van der Waals surface area contributed by atoms with Crippen LogP contribution in [0.5, 0.6) is 0 Å². The van der Waals surface area contributed by atoms with E-state index in [2.05, 4.69) is 0 Å². The lowest BCUT2D eigenvalue weighted by Gasteiger charge is -2.28. The molecule has 1 atom stereocenters. The summed E-state index contributed by atoms with van der Waals surface area (Å²) >= 11 is 0. The summed E-state index contributed by atoms with van der Waals surface area (Å²) in [5.74, 6) is -0.171. The third kappa shape index (κ3) is 2.19. The van der Waals surface area contributed by atoms with Crippen molar-refractivity contribution in [2.75, 3.05) is 21.3 Å². The van der Waals surface area contributed by atoms with Crippen LogP contribution in [0.3, 0.4) is 0 Å². The molecule has 0 bridgehead atoms. The number of amides is 1. The highest BCUT2D eigenvalue weighted by Gasteiger charge is 2.33. The molecule has 0 spiro atoms. The molecule has 0 radical (unpaired) electrons. The molecule has 0 rings (SSSR count). The summed E-state index contributed by atoms with van der Waals surface area (Å²) in [5, 5.41) is 1.17. The molecular formula is C8H17NO3. The summed E-state index contributed by atoms with van der Waals surface area (Å²) in [6, 6.07) is 0. The van der Waals surface area contributed by atoms with Gasteiger partial charge in [0.25, 0.3) is 5.91 Å². The lowest BCUT2D eigenvalue weighted by molar-refractivity contribution is -0.190. The van der Waals surface area contributed by atoms with E-state index in [1.165, 1.54) is 19.3 Å². The molecule has 0 fully saturated rings. The van der Waals surface area contributed by atoms with Gasteiger partial charge in [0.05, 0.1) is 7.11 Å². The average Bonchev–Trinajstić information content (AvgIpc) is 2.14. The van der Waals surface area contributed by atoms with Crippen molar-refractivity contribution in [1.82, 2.24) is 5.06 Å². The number of hydroxylamine groups is 2. The summed E-state index contributed by atoms with van der Waals surface area (Å²) in [6.45, 7) is 3.63. The van der Waals surface area contributed by atoms with Crippen LogP contribution < -0.4 is 0 Å². The van der Waals surface area contributed by atoms with Crippen LogP contribution in [0.4, 0.5) is 0 Å². The second-order valence-electron chi connectivity index (χ2n) is 2.77. The van der Waals surface area contributed by atoms with E-state index in [-0.39, 0.29) is 5.91 Å². The van der Waals surface area contributed by atoms with Crippen molar-refractivity contribution >= 4 is 5.91 Å². The second kappa shape index (κ2) is 4.42. The molecule has 0 aromatic rings. The molecule has 0 aliphatic rings. The van der Waals surface area contributed by atoms with Crippen molar-refractivity contribution in [3.8, 4) is 0 Å². The number of carbonyl (C=O) groups excluding carboxylic acids is 1. The minimum Gasteiger partial charge on any atom is -0.369 e. The second-order valence-corrected chi connectivity index (χ2v) is 2.77. The largest absolute Gasteiger partial charge is 0.369 e. The van der Waals surface area contributed by atoms with Crippen molar-refractivity contribution in [3.05, 3.63) is 0 Å². The summed E-state index contributed by atoms with van der Waals surface area (Å²) in [4.78, 5) is 16.3. The lowest BCUT2D eigenvalue weighted by Crippen LogP contribution is -2.45. The Morgan fingerprint density at radius 3 is 2.25 bits per heavy atom. The van der Waals surface area contributed by atoms with Crippen LogP contribution >= 0.6 is 0 Å². The molecule has 0 aliphatic carbocycles. The third-order valence-corrected chi connectivity index (χ3v) is 2.14. The van der Waals surface area contributed by atoms with Crippen molar-refractivity contribution in [2.45, 2.75) is 25.9 Å². The molecular weight excluding hydrogens is 158 g/mol.